The summed E-state index contributed by atoms with van der Waals surface area (Å²) in [6.07, 6.45) is 4.33. The summed E-state index contributed by atoms with van der Waals surface area (Å²) < 4.78 is 0. The molecule has 1 aromatic rings. The Bertz CT molecular complexity index is 464. The molecule has 0 aromatic carbocycles. The van der Waals surface area contributed by atoms with Gasteiger partial charge in [-0.25, -0.2) is 4.98 Å². The first kappa shape index (κ1) is 14.0. The van der Waals surface area contributed by atoms with Crippen LogP contribution in [0.4, 0.5) is 0 Å². The minimum absolute atomic E-state index is 0.0247. The molecule has 0 radical (unpaired) electrons. The van der Waals surface area contributed by atoms with Crippen molar-refractivity contribution in [2.24, 2.45) is 11.8 Å². The quantitative estimate of drug-likeness (QED) is 0.884. The topological polar surface area (TPSA) is 79.3 Å². The molecule has 1 heterocycles. The number of rotatable bonds is 4. The van der Waals surface area contributed by atoms with Gasteiger partial charge >= 0.3 is 5.97 Å². The molecular formula is C13H18N2O3S. The predicted octanol–water partition coefficient (Wildman–Crippen LogP) is 1.96. The van der Waals surface area contributed by atoms with Crippen molar-refractivity contribution in [2.75, 3.05) is 0 Å². The van der Waals surface area contributed by atoms with Crippen LogP contribution in [-0.4, -0.2) is 22.0 Å². The maximum Gasteiger partial charge on any atom is 0.306 e. The molecule has 2 N–H and O–H groups in total. The number of carbonyl (C=O) groups is 2. The van der Waals surface area contributed by atoms with E-state index in [-0.39, 0.29) is 17.7 Å². The van der Waals surface area contributed by atoms with Crippen LogP contribution in [0.15, 0.2) is 6.20 Å². The summed E-state index contributed by atoms with van der Waals surface area (Å²) in [6.45, 7) is 2.45. The monoisotopic (exact) mass is 282 g/mol. The Morgan fingerprint density at radius 2 is 2.00 bits per heavy atom. The molecule has 1 aromatic heterocycles. The molecule has 0 spiro atoms. The first-order chi connectivity index (χ1) is 9.06. The first-order valence-electron chi connectivity index (χ1n) is 6.48. The molecule has 0 unspecified atom stereocenters. The van der Waals surface area contributed by atoms with Gasteiger partial charge in [-0.05, 0) is 32.6 Å². The number of carboxylic acids is 1. The van der Waals surface area contributed by atoms with Gasteiger partial charge in [0.2, 0.25) is 5.91 Å². The van der Waals surface area contributed by atoms with Crippen molar-refractivity contribution in [3.8, 4) is 0 Å². The second kappa shape index (κ2) is 6.14. The highest BCUT2D eigenvalue weighted by Crippen LogP contribution is 2.29. The number of nitrogens with zero attached hydrogens (tertiary/aromatic N) is 1. The zero-order valence-corrected chi connectivity index (χ0v) is 11.7. The highest BCUT2D eigenvalue weighted by Gasteiger charge is 2.29. The van der Waals surface area contributed by atoms with Crippen LogP contribution in [0, 0.1) is 18.8 Å². The van der Waals surface area contributed by atoms with Gasteiger partial charge in [-0.3, -0.25) is 9.59 Å². The van der Waals surface area contributed by atoms with Crippen LogP contribution >= 0.6 is 11.3 Å². The lowest BCUT2D eigenvalue weighted by Gasteiger charge is -2.25. The van der Waals surface area contributed by atoms with Gasteiger partial charge in [0.15, 0.2) is 0 Å². The van der Waals surface area contributed by atoms with Crippen LogP contribution in [0.5, 0.6) is 0 Å². The summed E-state index contributed by atoms with van der Waals surface area (Å²) in [4.78, 5) is 28.1. The fourth-order valence-electron chi connectivity index (χ4n) is 2.39. The number of carboxylic acid groups (broad SMARTS) is 1. The fourth-order valence-corrected chi connectivity index (χ4v) is 3.12. The number of amides is 1. The van der Waals surface area contributed by atoms with Gasteiger partial charge in [-0.15, -0.1) is 11.3 Å². The standard InChI is InChI=1S/C13H18N2O3S/c1-8-6-14-11(19-8)7-15-12(16)9-2-4-10(5-3-9)13(17)18/h6,9-10H,2-5,7H2,1H3,(H,15,16)(H,17,18). The molecular weight excluding hydrogens is 264 g/mol. The van der Waals surface area contributed by atoms with Crippen molar-refractivity contribution in [2.45, 2.75) is 39.2 Å². The number of aryl methyl sites for hydroxylation is 1. The number of thiazole rings is 1. The SMILES string of the molecule is Cc1cnc(CNC(=O)C2CCC(C(=O)O)CC2)s1. The van der Waals surface area contributed by atoms with E-state index in [0.29, 0.717) is 32.2 Å². The summed E-state index contributed by atoms with van der Waals surface area (Å²) in [5.41, 5.74) is 0. The van der Waals surface area contributed by atoms with E-state index in [9.17, 15) is 9.59 Å². The van der Waals surface area contributed by atoms with Crippen LogP contribution in [0.1, 0.15) is 35.6 Å². The van der Waals surface area contributed by atoms with Gasteiger partial charge < -0.3 is 10.4 Å². The van der Waals surface area contributed by atoms with Gasteiger partial charge in [0, 0.05) is 17.0 Å². The Morgan fingerprint density at radius 3 is 2.53 bits per heavy atom. The van der Waals surface area contributed by atoms with Crippen LogP contribution in [-0.2, 0) is 16.1 Å². The zero-order valence-electron chi connectivity index (χ0n) is 10.9. The number of nitrogens with one attached hydrogen (secondary N) is 1. The van der Waals surface area contributed by atoms with Crippen molar-refractivity contribution in [1.29, 1.82) is 0 Å². The number of aromatic nitrogens is 1. The van der Waals surface area contributed by atoms with Crippen molar-refractivity contribution in [1.82, 2.24) is 10.3 Å². The molecule has 0 bridgehead atoms. The van der Waals surface area contributed by atoms with Gasteiger partial charge in [0.05, 0.1) is 12.5 Å². The zero-order chi connectivity index (χ0) is 13.8. The maximum atomic E-state index is 12.0. The average molecular weight is 282 g/mol. The molecule has 0 saturated heterocycles. The van der Waals surface area contributed by atoms with E-state index < -0.39 is 5.97 Å². The normalized spacial score (nSPS) is 23.0. The lowest BCUT2D eigenvalue weighted by molar-refractivity contribution is -0.144. The summed E-state index contributed by atoms with van der Waals surface area (Å²) in [7, 11) is 0. The lowest BCUT2D eigenvalue weighted by atomic mass is 9.81. The third kappa shape index (κ3) is 3.76. The molecule has 1 aliphatic carbocycles. The van der Waals surface area contributed by atoms with E-state index in [1.807, 2.05) is 6.92 Å². The largest absolute Gasteiger partial charge is 0.481 e. The Balaban J connectivity index is 1.77. The van der Waals surface area contributed by atoms with E-state index in [1.54, 1.807) is 17.5 Å². The van der Waals surface area contributed by atoms with Gasteiger partial charge in [0.25, 0.3) is 0 Å². The summed E-state index contributed by atoms with van der Waals surface area (Å²) in [5.74, 6) is -1.03. The van der Waals surface area contributed by atoms with Crippen LogP contribution in [0.3, 0.4) is 0 Å². The number of aliphatic carboxylic acids is 1. The molecule has 0 atom stereocenters. The highest BCUT2D eigenvalue weighted by atomic mass is 32.1. The molecule has 1 saturated carbocycles. The Kier molecular flexibility index (Phi) is 4.52. The number of hydrogen-bond donors (Lipinski definition) is 2. The Hall–Kier alpha value is -1.43. The Morgan fingerprint density at radius 1 is 1.37 bits per heavy atom. The van der Waals surface area contributed by atoms with E-state index in [4.69, 9.17) is 5.11 Å². The molecule has 1 aliphatic rings. The van der Waals surface area contributed by atoms with E-state index in [2.05, 4.69) is 10.3 Å². The third-order valence-electron chi connectivity index (χ3n) is 3.53. The molecule has 6 heteroatoms. The number of hydrogen-bond acceptors (Lipinski definition) is 4. The smallest absolute Gasteiger partial charge is 0.306 e. The van der Waals surface area contributed by atoms with E-state index in [1.165, 1.54) is 0 Å². The number of carbonyl (C=O) groups excluding carboxylic acids is 1. The van der Waals surface area contributed by atoms with Gasteiger partial charge in [-0.2, -0.15) is 0 Å². The second-order valence-corrected chi connectivity index (χ2v) is 6.29. The van der Waals surface area contributed by atoms with Crippen LogP contribution < -0.4 is 5.32 Å². The van der Waals surface area contributed by atoms with Crippen molar-refractivity contribution < 1.29 is 14.7 Å². The predicted molar refractivity (Wildman–Crippen MR) is 71.8 cm³/mol. The maximum absolute atomic E-state index is 12.0. The van der Waals surface area contributed by atoms with Gasteiger partial charge in [-0.1, -0.05) is 0 Å². The molecule has 19 heavy (non-hydrogen) atoms. The molecule has 0 aliphatic heterocycles. The van der Waals surface area contributed by atoms with Crippen LogP contribution in [0.25, 0.3) is 0 Å². The molecule has 2 rings (SSSR count). The minimum atomic E-state index is -0.739. The van der Waals surface area contributed by atoms with Crippen molar-refractivity contribution >= 4 is 23.2 Å². The minimum Gasteiger partial charge on any atom is -0.481 e. The second-order valence-electron chi connectivity index (χ2n) is 4.97. The molecule has 5 nitrogen and oxygen atoms in total. The average Bonchev–Trinajstić information content (AvgIpc) is 2.82. The highest BCUT2D eigenvalue weighted by molar-refractivity contribution is 7.11. The van der Waals surface area contributed by atoms with Gasteiger partial charge in [0.1, 0.15) is 5.01 Å². The van der Waals surface area contributed by atoms with Crippen LogP contribution in [0.2, 0.25) is 0 Å². The summed E-state index contributed by atoms with van der Waals surface area (Å²) in [5, 5.41) is 12.7. The third-order valence-corrected chi connectivity index (χ3v) is 4.44. The summed E-state index contributed by atoms with van der Waals surface area (Å²) in [6, 6.07) is 0. The first-order valence-corrected chi connectivity index (χ1v) is 7.29. The molecule has 1 amide bonds. The lowest BCUT2D eigenvalue weighted by Crippen LogP contribution is -2.34. The summed E-state index contributed by atoms with van der Waals surface area (Å²) >= 11 is 1.58. The fraction of sp³-hybridized carbons (Fsp3) is 0.615. The molecule has 104 valence electrons. The van der Waals surface area contributed by atoms with Crippen molar-refractivity contribution in [3.63, 3.8) is 0 Å². The molecule has 1 fully saturated rings. The Labute approximate surface area is 116 Å². The van der Waals surface area contributed by atoms with Crippen molar-refractivity contribution in [3.05, 3.63) is 16.1 Å². The van der Waals surface area contributed by atoms with E-state index in [0.717, 1.165) is 9.88 Å². The van der Waals surface area contributed by atoms with E-state index >= 15 is 0 Å².